The van der Waals surface area contributed by atoms with E-state index in [4.69, 9.17) is 0 Å². The molecule has 2 aliphatic rings. The minimum Gasteiger partial charge on any atom is -0.353 e. The van der Waals surface area contributed by atoms with E-state index < -0.39 is 0 Å². The van der Waals surface area contributed by atoms with E-state index in [1.54, 1.807) is 0 Å². The van der Waals surface area contributed by atoms with Crippen LogP contribution in [0.25, 0.3) is 0 Å². The normalized spacial score (nSPS) is 18.6. The van der Waals surface area contributed by atoms with Crippen LogP contribution in [0.5, 0.6) is 0 Å². The summed E-state index contributed by atoms with van der Waals surface area (Å²) in [6, 6.07) is 5.22. The third kappa shape index (κ3) is 3.69. The molecule has 0 spiro atoms. The molecule has 19 heavy (non-hydrogen) atoms. The van der Waals surface area contributed by atoms with Crippen molar-refractivity contribution in [2.75, 3.05) is 18.0 Å². The Labute approximate surface area is 116 Å². The molecule has 3 heteroatoms. The highest BCUT2D eigenvalue weighted by Gasteiger charge is 2.34. The van der Waals surface area contributed by atoms with Gasteiger partial charge >= 0.3 is 0 Å². The van der Waals surface area contributed by atoms with Crippen LogP contribution in [0.2, 0.25) is 0 Å². The molecule has 1 aromatic rings. The SMILES string of the molecule is CCCNCc1ccc(N(CC2CC2)C2CC2)nc1. The molecule has 0 bridgehead atoms. The first-order chi connectivity index (χ1) is 9.36. The van der Waals surface area contributed by atoms with Gasteiger partial charge in [-0.1, -0.05) is 13.0 Å². The summed E-state index contributed by atoms with van der Waals surface area (Å²) >= 11 is 0. The van der Waals surface area contributed by atoms with Crippen LogP contribution in [0.4, 0.5) is 5.82 Å². The van der Waals surface area contributed by atoms with Gasteiger partial charge < -0.3 is 10.2 Å². The van der Waals surface area contributed by atoms with Gasteiger partial charge in [-0.2, -0.15) is 0 Å². The van der Waals surface area contributed by atoms with Crippen LogP contribution in [0.1, 0.15) is 44.6 Å². The van der Waals surface area contributed by atoms with Crippen molar-refractivity contribution >= 4 is 5.82 Å². The van der Waals surface area contributed by atoms with E-state index in [9.17, 15) is 0 Å². The molecule has 0 amide bonds. The van der Waals surface area contributed by atoms with Crippen LogP contribution in [0, 0.1) is 5.92 Å². The van der Waals surface area contributed by atoms with E-state index in [2.05, 4.69) is 34.3 Å². The van der Waals surface area contributed by atoms with Gasteiger partial charge in [0.2, 0.25) is 0 Å². The lowest BCUT2D eigenvalue weighted by atomic mass is 10.2. The molecule has 0 unspecified atom stereocenters. The fourth-order valence-electron chi connectivity index (χ4n) is 2.50. The van der Waals surface area contributed by atoms with Crippen LogP contribution in [0.3, 0.4) is 0 Å². The average molecular weight is 259 g/mol. The summed E-state index contributed by atoms with van der Waals surface area (Å²) in [7, 11) is 0. The number of pyridine rings is 1. The summed E-state index contributed by atoms with van der Waals surface area (Å²) in [4.78, 5) is 7.23. The fourth-order valence-corrected chi connectivity index (χ4v) is 2.50. The molecular weight excluding hydrogens is 234 g/mol. The van der Waals surface area contributed by atoms with Gasteiger partial charge in [-0.15, -0.1) is 0 Å². The molecule has 0 aromatic carbocycles. The second-order valence-electron chi connectivity index (χ2n) is 6.03. The van der Waals surface area contributed by atoms with E-state index in [1.807, 2.05) is 6.20 Å². The van der Waals surface area contributed by atoms with Crippen molar-refractivity contribution < 1.29 is 0 Å². The Morgan fingerprint density at radius 3 is 2.68 bits per heavy atom. The lowest BCUT2D eigenvalue weighted by molar-refractivity contribution is 0.672. The van der Waals surface area contributed by atoms with E-state index >= 15 is 0 Å². The number of anilines is 1. The highest BCUT2D eigenvalue weighted by Crippen LogP contribution is 2.36. The van der Waals surface area contributed by atoms with Crippen LogP contribution in [0.15, 0.2) is 18.3 Å². The number of nitrogens with zero attached hydrogens (tertiary/aromatic N) is 2. The Morgan fingerprint density at radius 1 is 1.26 bits per heavy atom. The van der Waals surface area contributed by atoms with Crippen LogP contribution < -0.4 is 10.2 Å². The molecule has 1 heterocycles. The summed E-state index contributed by atoms with van der Waals surface area (Å²) in [6.07, 6.45) is 8.77. The zero-order valence-corrected chi connectivity index (χ0v) is 11.9. The maximum Gasteiger partial charge on any atom is 0.128 e. The number of nitrogens with one attached hydrogen (secondary N) is 1. The Morgan fingerprint density at radius 2 is 2.11 bits per heavy atom. The third-order valence-corrected chi connectivity index (χ3v) is 4.00. The van der Waals surface area contributed by atoms with Gasteiger partial charge in [0.1, 0.15) is 5.82 Å². The zero-order valence-electron chi connectivity index (χ0n) is 11.9. The summed E-state index contributed by atoms with van der Waals surface area (Å²) in [5.74, 6) is 2.13. The average Bonchev–Trinajstić information content (AvgIpc) is 3.30. The Bertz CT molecular complexity index is 393. The molecule has 2 saturated carbocycles. The van der Waals surface area contributed by atoms with Crippen LogP contribution in [-0.2, 0) is 6.54 Å². The second kappa shape index (κ2) is 5.91. The lowest BCUT2D eigenvalue weighted by Crippen LogP contribution is -2.28. The van der Waals surface area contributed by atoms with Crippen LogP contribution >= 0.6 is 0 Å². The van der Waals surface area contributed by atoms with Gasteiger partial charge in [0.05, 0.1) is 0 Å². The highest BCUT2D eigenvalue weighted by molar-refractivity contribution is 5.42. The van der Waals surface area contributed by atoms with Crippen molar-refractivity contribution in [1.82, 2.24) is 10.3 Å². The van der Waals surface area contributed by atoms with E-state index in [0.29, 0.717) is 0 Å². The first-order valence-corrected chi connectivity index (χ1v) is 7.79. The molecule has 3 nitrogen and oxygen atoms in total. The Balaban J connectivity index is 1.59. The largest absolute Gasteiger partial charge is 0.353 e. The predicted octanol–water partition coefficient (Wildman–Crippen LogP) is 2.96. The van der Waals surface area contributed by atoms with Crippen LogP contribution in [-0.4, -0.2) is 24.1 Å². The number of rotatable bonds is 8. The zero-order chi connectivity index (χ0) is 13.1. The quantitative estimate of drug-likeness (QED) is 0.728. The molecule has 0 saturated heterocycles. The van der Waals surface area contributed by atoms with Gasteiger partial charge in [-0.05, 0) is 56.2 Å². The van der Waals surface area contributed by atoms with E-state index in [-0.39, 0.29) is 0 Å². The van der Waals surface area contributed by atoms with Gasteiger partial charge in [0.15, 0.2) is 0 Å². The summed E-state index contributed by atoms with van der Waals surface area (Å²) in [5.41, 5.74) is 1.29. The van der Waals surface area contributed by atoms with Crippen molar-refractivity contribution in [3.63, 3.8) is 0 Å². The first-order valence-electron chi connectivity index (χ1n) is 7.79. The lowest BCUT2D eigenvalue weighted by Gasteiger charge is -2.23. The van der Waals surface area contributed by atoms with Gasteiger partial charge in [-0.25, -0.2) is 4.98 Å². The standard InChI is InChI=1S/C16H25N3/c1-2-9-17-10-14-5-8-16(18-11-14)19(15-6-7-15)12-13-3-4-13/h5,8,11,13,15,17H,2-4,6-7,9-10,12H2,1H3. The van der Waals surface area contributed by atoms with Crippen molar-refractivity contribution in [3.05, 3.63) is 23.9 Å². The summed E-state index contributed by atoms with van der Waals surface area (Å²) in [5, 5.41) is 3.42. The minimum absolute atomic E-state index is 0.775. The molecule has 0 radical (unpaired) electrons. The molecule has 2 aliphatic carbocycles. The topological polar surface area (TPSA) is 28.2 Å². The van der Waals surface area contributed by atoms with Crippen molar-refractivity contribution in [2.45, 2.75) is 51.6 Å². The Hall–Kier alpha value is -1.09. The maximum absolute atomic E-state index is 4.69. The van der Waals surface area contributed by atoms with Crippen molar-refractivity contribution in [2.24, 2.45) is 5.92 Å². The van der Waals surface area contributed by atoms with Crippen molar-refractivity contribution in [1.29, 1.82) is 0 Å². The van der Waals surface area contributed by atoms with Gasteiger partial charge in [0.25, 0.3) is 0 Å². The van der Waals surface area contributed by atoms with Gasteiger partial charge in [-0.3, -0.25) is 0 Å². The molecule has 0 aliphatic heterocycles. The number of aromatic nitrogens is 1. The molecule has 104 valence electrons. The number of hydrogen-bond acceptors (Lipinski definition) is 3. The highest BCUT2D eigenvalue weighted by atomic mass is 15.2. The first kappa shape index (κ1) is 12.9. The monoisotopic (exact) mass is 259 g/mol. The summed E-state index contributed by atoms with van der Waals surface area (Å²) < 4.78 is 0. The molecule has 1 aromatic heterocycles. The summed E-state index contributed by atoms with van der Waals surface area (Å²) in [6.45, 7) is 5.44. The van der Waals surface area contributed by atoms with E-state index in [0.717, 1.165) is 25.0 Å². The maximum atomic E-state index is 4.69. The Kier molecular flexibility index (Phi) is 4.02. The fraction of sp³-hybridized carbons (Fsp3) is 0.688. The molecule has 1 N–H and O–H groups in total. The minimum atomic E-state index is 0.775. The van der Waals surface area contributed by atoms with E-state index in [1.165, 1.54) is 50.0 Å². The molecule has 0 atom stereocenters. The van der Waals surface area contributed by atoms with Crippen molar-refractivity contribution in [3.8, 4) is 0 Å². The molecule has 3 rings (SSSR count). The van der Waals surface area contributed by atoms with Gasteiger partial charge in [0, 0.05) is 25.3 Å². The number of hydrogen-bond donors (Lipinski definition) is 1. The smallest absolute Gasteiger partial charge is 0.128 e. The molecular formula is C16H25N3. The second-order valence-corrected chi connectivity index (χ2v) is 6.03. The predicted molar refractivity (Wildman–Crippen MR) is 79.3 cm³/mol. The third-order valence-electron chi connectivity index (χ3n) is 4.00. The molecule has 2 fully saturated rings.